The Balaban J connectivity index is 1.97. The average Bonchev–Trinajstić information content (AvgIpc) is 2.54. The Morgan fingerprint density at radius 1 is 1.25 bits per heavy atom. The maximum Gasteiger partial charge on any atom is 0.223 e. The summed E-state index contributed by atoms with van der Waals surface area (Å²) in [7, 11) is -1.39. The molecule has 0 aliphatic carbocycles. The number of hydrogen-bond donors (Lipinski definition) is 1. The minimum atomic E-state index is -1.39. The fourth-order valence-electron chi connectivity index (χ4n) is 2.10. The Morgan fingerprint density at radius 2 is 1.96 bits per heavy atom. The summed E-state index contributed by atoms with van der Waals surface area (Å²) in [6.45, 7) is 4.37. The lowest BCUT2D eigenvalue weighted by molar-refractivity contribution is 0.102. The molecule has 2 rings (SSSR count). The van der Waals surface area contributed by atoms with E-state index in [0.29, 0.717) is 17.9 Å². The first-order valence-electron chi connectivity index (χ1n) is 7.79. The van der Waals surface area contributed by atoms with E-state index in [4.69, 9.17) is 4.74 Å². The molecule has 2 aromatic rings. The summed E-state index contributed by atoms with van der Waals surface area (Å²) in [4.78, 5) is 26.9. The second-order valence-electron chi connectivity index (χ2n) is 5.55. The number of nitrogens with one attached hydrogen (secondary N) is 1. The Morgan fingerprint density at radius 3 is 2.58 bits per heavy atom. The van der Waals surface area contributed by atoms with Crippen molar-refractivity contribution in [3.05, 3.63) is 63.6 Å². The molecule has 0 aliphatic heterocycles. The number of ketones is 1. The molecule has 0 saturated carbocycles. The van der Waals surface area contributed by atoms with Gasteiger partial charge >= 0.3 is 0 Å². The fraction of sp³-hybridized carbons (Fsp3) is 0.333. The summed E-state index contributed by atoms with van der Waals surface area (Å²) in [5.74, 6) is 0.140. The van der Waals surface area contributed by atoms with Gasteiger partial charge in [0.1, 0.15) is 0 Å². The van der Waals surface area contributed by atoms with Crippen molar-refractivity contribution in [2.75, 3.05) is 12.4 Å². The number of aromatic nitrogens is 1. The van der Waals surface area contributed by atoms with Crippen LogP contribution in [0.5, 0.6) is 5.75 Å². The largest absolute Gasteiger partial charge is 0.488 e. The number of aromatic amines is 1. The Kier molecular flexibility index (Phi) is 6.49. The van der Waals surface area contributed by atoms with Crippen molar-refractivity contribution in [2.24, 2.45) is 0 Å². The predicted octanol–water partition coefficient (Wildman–Crippen LogP) is 2.60. The number of pyridine rings is 1. The minimum Gasteiger partial charge on any atom is -0.488 e. The summed E-state index contributed by atoms with van der Waals surface area (Å²) in [5.41, 5.74) is 1.89. The van der Waals surface area contributed by atoms with E-state index in [1.165, 1.54) is 12.3 Å². The summed E-state index contributed by atoms with van der Waals surface area (Å²) >= 11 is 0. The highest BCUT2D eigenvalue weighted by atomic mass is 32.2. The molecule has 0 bridgehead atoms. The molecule has 0 spiro atoms. The molecule has 0 radical (unpaired) electrons. The van der Waals surface area contributed by atoms with Gasteiger partial charge in [-0.1, -0.05) is 36.8 Å². The van der Waals surface area contributed by atoms with Gasteiger partial charge in [0, 0.05) is 34.3 Å². The maximum absolute atomic E-state index is 12.2. The molecular weight excluding hydrogens is 326 g/mol. The summed E-state index contributed by atoms with van der Waals surface area (Å²) < 4.78 is 17.5. The molecule has 24 heavy (non-hydrogen) atoms. The Hall–Kier alpha value is -2.21. The van der Waals surface area contributed by atoms with Crippen LogP contribution in [0.1, 0.15) is 35.0 Å². The van der Waals surface area contributed by atoms with E-state index in [1.807, 2.05) is 26.0 Å². The van der Waals surface area contributed by atoms with Crippen LogP contribution in [0.2, 0.25) is 0 Å². The molecule has 1 unspecified atom stereocenters. The highest BCUT2D eigenvalue weighted by Crippen LogP contribution is 2.08. The highest BCUT2D eigenvalue weighted by Gasteiger charge is 2.12. The zero-order valence-electron chi connectivity index (χ0n) is 13.8. The van der Waals surface area contributed by atoms with Crippen LogP contribution < -0.4 is 10.2 Å². The number of hydrogen-bond acceptors (Lipinski definition) is 4. The quantitative estimate of drug-likeness (QED) is 0.745. The van der Waals surface area contributed by atoms with Crippen molar-refractivity contribution in [1.82, 2.24) is 4.98 Å². The second-order valence-corrected chi connectivity index (χ2v) is 7.01. The molecule has 6 heteroatoms. The molecule has 0 fully saturated rings. The molecule has 0 amide bonds. The van der Waals surface area contributed by atoms with E-state index < -0.39 is 10.8 Å². The summed E-state index contributed by atoms with van der Waals surface area (Å²) in [6.07, 6.45) is 2.29. The molecule has 0 aliphatic rings. The van der Waals surface area contributed by atoms with Gasteiger partial charge in [0.25, 0.3) is 0 Å². The number of H-pyrrole nitrogens is 1. The van der Waals surface area contributed by atoms with E-state index >= 15 is 0 Å². The van der Waals surface area contributed by atoms with Gasteiger partial charge in [0.15, 0.2) is 11.5 Å². The highest BCUT2D eigenvalue weighted by molar-refractivity contribution is 7.85. The Labute approximate surface area is 143 Å². The molecule has 1 heterocycles. The minimum absolute atomic E-state index is 0.0703. The number of benzene rings is 1. The standard InChI is InChI=1S/C18H21NO4S/c1-3-8-23-18-10-19-15(9-16(18)20)11-24(22)12-17(21)14-6-4-13(2)5-7-14/h4-7,9-10H,3,8,11-12H2,1-2H3,(H,19,20). The van der Waals surface area contributed by atoms with Crippen molar-refractivity contribution in [3.8, 4) is 5.75 Å². The third kappa shape index (κ3) is 5.16. The van der Waals surface area contributed by atoms with E-state index in [-0.39, 0.29) is 28.5 Å². The zero-order valence-corrected chi connectivity index (χ0v) is 14.7. The molecular formula is C18H21NO4S. The van der Waals surface area contributed by atoms with Gasteiger partial charge in [-0.25, -0.2) is 0 Å². The smallest absolute Gasteiger partial charge is 0.223 e. The third-order valence-electron chi connectivity index (χ3n) is 3.38. The summed E-state index contributed by atoms with van der Waals surface area (Å²) in [5, 5.41) is 0. The number of carbonyl (C=O) groups excluding carboxylic acids is 1. The first kappa shape index (κ1) is 18.1. The number of Topliss-reactive ketones (excluding diaryl/α,β-unsaturated/α-hetero) is 1. The van der Waals surface area contributed by atoms with Crippen molar-refractivity contribution >= 4 is 16.6 Å². The number of ether oxygens (including phenoxy) is 1. The van der Waals surface area contributed by atoms with Crippen LogP contribution in [0.25, 0.3) is 0 Å². The molecule has 128 valence electrons. The average molecular weight is 347 g/mol. The topological polar surface area (TPSA) is 76.2 Å². The first-order chi connectivity index (χ1) is 11.5. The van der Waals surface area contributed by atoms with Gasteiger partial charge in [0.2, 0.25) is 5.43 Å². The van der Waals surface area contributed by atoms with Gasteiger partial charge in [-0.3, -0.25) is 13.8 Å². The van der Waals surface area contributed by atoms with Gasteiger partial charge in [-0.2, -0.15) is 0 Å². The lowest BCUT2D eigenvalue weighted by atomic mass is 10.1. The molecule has 1 N–H and O–H groups in total. The third-order valence-corrected chi connectivity index (χ3v) is 4.60. The van der Waals surface area contributed by atoms with Crippen molar-refractivity contribution in [2.45, 2.75) is 26.0 Å². The van der Waals surface area contributed by atoms with Crippen LogP contribution in [-0.2, 0) is 16.6 Å². The van der Waals surface area contributed by atoms with Crippen LogP contribution in [0.4, 0.5) is 0 Å². The maximum atomic E-state index is 12.2. The summed E-state index contributed by atoms with van der Waals surface area (Å²) in [6, 6.07) is 8.54. The van der Waals surface area contributed by atoms with Crippen molar-refractivity contribution in [3.63, 3.8) is 0 Å². The lowest BCUT2D eigenvalue weighted by Gasteiger charge is -2.06. The van der Waals surface area contributed by atoms with E-state index in [0.717, 1.165) is 12.0 Å². The van der Waals surface area contributed by atoms with E-state index in [2.05, 4.69) is 4.98 Å². The number of carbonyl (C=O) groups is 1. The monoisotopic (exact) mass is 347 g/mol. The molecule has 1 aromatic carbocycles. The van der Waals surface area contributed by atoms with Crippen LogP contribution >= 0.6 is 0 Å². The number of aryl methyl sites for hydroxylation is 1. The van der Waals surface area contributed by atoms with Crippen LogP contribution in [-0.4, -0.2) is 27.3 Å². The van der Waals surface area contributed by atoms with Crippen LogP contribution in [0.3, 0.4) is 0 Å². The fourth-order valence-corrected chi connectivity index (χ4v) is 3.18. The predicted molar refractivity (Wildman–Crippen MR) is 95.1 cm³/mol. The SMILES string of the molecule is CCCOc1c[nH]c(CS(=O)CC(=O)c2ccc(C)cc2)cc1=O. The lowest BCUT2D eigenvalue weighted by Crippen LogP contribution is -2.15. The van der Waals surface area contributed by atoms with Gasteiger partial charge in [-0.15, -0.1) is 0 Å². The molecule has 5 nitrogen and oxygen atoms in total. The normalized spacial score (nSPS) is 11.9. The molecule has 0 saturated heterocycles. The van der Waals surface area contributed by atoms with Crippen molar-refractivity contribution in [1.29, 1.82) is 0 Å². The molecule has 1 aromatic heterocycles. The van der Waals surface area contributed by atoms with E-state index in [9.17, 15) is 13.8 Å². The van der Waals surface area contributed by atoms with E-state index in [1.54, 1.807) is 12.1 Å². The zero-order chi connectivity index (χ0) is 17.5. The van der Waals surface area contributed by atoms with Crippen LogP contribution in [0, 0.1) is 6.92 Å². The van der Waals surface area contributed by atoms with Gasteiger partial charge < -0.3 is 9.72 Å². The second kappa shape index (κ2) is 8.59. The van der Waals surface area contributed by atoms with Crippen LogP contribution in [0.15, 0.2) is 41.3 Å². The number of rotatable bonds is 8. The van der Waals surface area contributed by atoms with Crippen molar-refractivity contribution < 1.29 is 13.7 Å². The first-order valence-corrected chi connectivity index (χ1v) is 9.27. The Bertz CT molecular complexity index is 780. The molecule has 1 atom stereocenters. The van der Waals surface area contributed by atoms with Gasteiger partial charge in [0.05, 0.1) is 18.1 Å². The van der Waals surface area contributed by atoms with Gasteiger partial charge in [-0.05, 0) is 13.3 Å².